The molecule has 3 aromatic rings. The number of para-hydroxylation sites is 1. The van der Waals surface area contributed by atoms with E-state index in [1.807, 2.05) is 42.5 Å². The first-order valence-corrected chi connectivity index (χ1v) is 10.7. The molecule has 2 bridgehead atoms. The number of nitrogens with zero attached hydrogens (tertiary/aromatic N) is 1. The van der Waals surface area contributed by atoms with E-state index in [1.165, 1.54) is 12.8 Å². The first-order chi connectivity index (χ1) is 15.1. The van der Waals surface area contributed by atoms with Gasteiger partial charge in [0.05, 0.1) is 22.9 Å². The Kier molecular flexibility index (Phi) is 5.06. The van der Waals surface area contributed by atoms with Crippen LogP contribution in [0.25, 0.3) is 10.9 Å². The molecule has 31 heavy (non-hydrogen) atoms. The number of ether oxygens (including phenoxy) is 1. The number of fused-ring (bicyclic) bond motifs is 3. The molecule has 158 valence electrons. The molecule has 5 rings (SSSR count). The molecule has 0 saturated heterocycles. The van der Waals surface area contributed by atoms with Crippen molar-refractivity contribution in [3.05, 3.63) is 65.4 Å². The summed E-state index contributed by atoms with van der Waals surface area (Å²) in [5.74, 6) is -1.34. The molecule has 1 saturated carbocycles. The number of anilines is 1. The van der Waals surface area contributed by atoms with Crippen LogP contribution >= 0.6 is 0 Å². The number of carboxylic acids is 1. The lowest BCUT2D eigenvalue weighted by Crippen LogP contribution is -2.19. The second-order valence-corrected chi connectivity index (χ2v) is 8.38. The van der Waals surface area contributed by atoms with Crippen LogP contribution in [-0.2, 0) is 16.2 Å². The zero-order valence-electron chi connectivity index (χ0n) is 17.1. The van der Waals surface area contributed by atoms with E-state index in [1.54, 1.807) is 6.07 Å². The molecule has 1 aromatic heterocycles. The lowest BCUT2D eigenvalue weighted by atomic mass is 9.87. The number of hydrogen-bond acceptors (Lipinski definition) is 5. The van der Waals surface area contributed by atoms with Gasteiger partial charge in [-0.2, -0.15) is 0 Å². The van der Waals surface area contributed by atoms with Crippen molar-refractivity contribution in [1.82, 2.24) is 4.98 Å². The highest BCUT2D eigenvalue weighted by atomic mass is 16.5. The van der Waals surface area contributed by atoms with Gasteiger partial charge < -0.3 is 20.0 Å². The highest BCUT2D eigenvalue weighted by Crippen LogP contribution is 2.48. The van der Waals surface area contributed by atoms with Gasteiger partial charge in [-0.05, 0) is 54.2 Å². The Morgan fingerprint density at radius 3 is 2.77 bits per heavy atom. The summed E-state index contributed by atoms with van der Waals surface area (Å²) in [6.45, 7) is 0.255. The van der Waals surface area contributed by atoms with Crippen LogP contribution in [0.1, 0.15) is 54.5 Å². The summed E-state index contributed by atoms with van der Waals surface area (Å²) in [4.78, 5) is 28.0. The first kappa shape index (κ1) is 19.5. The third kappa shape index (κ3) is 3.63. The van der Waals surface area contributed by atoms with Gasteiger partial charge in [-0.3, -0.25) is 4.79 Å². The number of aliphatic carboxylic acids is 1. The molecule has 2 aromatic carbocycles. The Bertz CT molecular complexity index is 1150. The molecule has 0 radical (unpaired) electrons. The van der Waals surface area contributed by atoms with E-state index in [0.717, 1.165) is 40.7 Å². The van der Waals surface area contributed by atoms with Gasteiger partial charge in [0.2, 0.25) is 0 Å². The molecule has 6 heteroatoms. The van der Waals surface area contributed by atoms with E-state index in [-0.39, 0.29) is 12.6 Å². The van der Waals surface area contributed by atoms with Crippen LogP contribution in [0.3, 0.4) is 0 Å². The SMILES string of the molecule is O=CC(C(=O)O)c1cc(OCc2ccc3ccccc3n2)c2cc1[C@H](C1CCCC1)N2. The van der Waals surface area contributed by atoms with Crippen molar-refractivity contribution < 1.29 is 19.4 Å². The number of carbonyl (C=O) groups is 2. The number of hydrogen-bond donors (Lipinski definition) is 2. The molecule has 1 aliphatic carbocycles. The van der Waals surface area contributed by atoms with E-state index < -0.39 is 11.9 Å². The van der Waals surface area contributed by atoms with Crippen LogP contribution in [-0.4, -0.2) is 22.3 Å². The third-order valence-electron chi connectivity index (χ3n) is 6.47. The van der Waals surface area contributed by atoms with Crippen LogP contribution < -0.4 is 10.1 Å². The number of carbonyl (C=O) groups excluding carboxylic acids is 1. The molecule has 2 N–H and O–H groups in total. The van der Waals surface area contributed by atoms with Crippen LogP contribution in [0, 0.1) is 5.92 Å². The molecule has 0 amide bonds. The number of nitrogens with one attached hydrogen (secondary N) is 1. The predicted molar refractivity (Wildman–Crippen MR) is 117 cm³/mol. The predicted octanol–water partition coefficient (Wildman–Crippen LogP) is 4.84. The fraction of sp³-hybridized carbons (Fsp3) is 0.320. The Labute approximate surface area is 180 Å². The van der Waals surface area contributed by atoms with Gasteiger partial charge in [0.1, 0.15) is 24.6 Å². The number of aromatic nitrogens is 1. The van der Waals surface area contributed by atoms with Gasteiger partial charge in [-0.15, -0.1) is 0 Å². The van der Waals surface area contributed by atoms with Gasteiger partial charge >= 0.3 is 5.97 Å². The number of aldehydes is 1. The summed E-state index contributed by atoms with van der Waals surface area (Å²) in [5.41, 5.74) is 3.97. The van der Waals surface area contributed by atoms with Crippen molar-refractivity contribution in [2.45, 2.75) is 44.2 Å². The summed E-state index contributed by atoms with van der Waals surface area (Å²) in [6, 6.07) is 15.5. The highest BCUT2D eigenvalue weighted by Gasteiger charge is 2.36. The molecular formula is C25H24N2O4. The second-order valence-electron chi connectivity index (χ2n) is 8.38. The average molecular weight is 416 g/mol. The molecule has 2 atom stereocenters. The number of carboxylic acid groups (broad SMARTS) is 1. The summed E-state index contributed by atoms with van der Waals surface area (Å²) < 4.78 is 6.09. The quantitative estimate of drug-likeness (QED) is 0.423. The van der Waals surface area contributed by atoms with Crippen LogP contribution in [0.15, 0.2) is 48.5 Å². The van der Waals surface area contributed by atoms with Gasteiger partial charge in [0.15, 0.2) is 0 Å². The molecule has 1 fully saturated rings. The summed E-state index contributed by atoms with van der Waals surface area (Å²) in [7, 11) is 0. The lowest BCUT2D eigenvalue weighted by molar-refractivity contribution is -0.140. The maximum Gasteiger partial charge on any atom is 0.318 e. The van der Waals surface area contributed by atoms with E-state index >= 15 is 0 Å². The first-order valence-electron chi connectivity index (χ1n) is 10.7. The summed E-state index contributed by atoms with van der Waals surface area (Å²) in [6.07, 6.45) is 5.08. The van der Waals surface area contributed by atoms with E-state index in [9.17, 15) is 14.7 Å². The minimum absolute atomic E-state index is 0.0328. The number of rotatable bonds is 7. The molecule has 2 heterocycles. The topological polar surface area (TPSA) is 88.5 Å². The highest BCUT2D eigenvalue weighted by molar-refractivity contribution is 5.94. The van der Waals surface area contributed by atoms with Gasteiger partial charge in [-0.1, -0.05) is 37.1 Å². The zero-order valence-corrected chi connectivity index (χ0v) is 17.1. The van der Waals surface area contributed by atoms with Crippen LogP contribution in [0.4, 0.5) is 5.69 Å². The van der Waals surface area contributed by atoms with Crippen LogP contribution in [0.2, 0.25) is 0 Å². The monoisotopic (exact) mass is 416 g/mol. The van der Waals surface area contributed by atoms with Gasteiger partial charge in [0, 0.05) is 5.39 Å². The maximum absolute atomic E-state index is 11.8. The van der Waals surface area contributed by atoms with Crippen molar-refractivity contribution >= 4 is 28.8 Å². The summed E-state index contributed by atoms with van der Waals surface area (Å²) >= 11 is 0. The Morgan fingerprint density at radius 2 is 2.00 bits per heavy atom. The fourth-order valence-corrected chi connectivity index (χ4v) is 4.90. The van der Waals surface area contributed by atoms with Crippen molar-refractivity contribution in [2.75, 3.05) is 5.32 Å². The number of pyridine rings is 1. The molecular weight excluding hydrogens is 392 g/mol. The van der Waals surface area contributed by atoms with Gasteiger partial charge in [-0.25, -0.2) is 4.98 Å². The van der Waals surface area contributed by atoms with Gasteiger partial charge in [0.25, 0.3) is 0 Å². The van der Waals surface area contributed by atoms with E-state index in [2.05, 4.69) is 10.3 Å². The molecule has 2 aliphatic rings. The zero-order chi connectivity index (χ0) is 21.4. The average Bonchev–Trinajstić information content (AvgIpc) is 3.43. The smallest absolute Gasteiger partial charge is 0.318 e. The standard InChI is InChI=1S/C25H24N2O4/c28-13-20(25(29)30)18-12-23(22-11-19(18)24(27-22)16-6-1-2-7-16)31-14-17-10-9-15-5-3-4-8-21(15)26-17/h3-5,8-13,16,20,24,27H,1-2,6-7,14H2,(H,29,30)/t20?,24-/m0/s1. The minimum atomic E-state index is -1.20. The van der Waals surface area contributed by atoms with Crippen molar-refractivity contribution in [2.24, 2.45) is 5.92 Å². The normalized spacial score (nSPS) is 18.6. The van der Waals surface area contributed by atoms with E-state index in [4.69, 9.17) is 4.74 Å². The molecule has 6 nitrogen and oxygen atoms in total. The van der Waals surface area contributed by atoms with Crippen molar-refractivity contribution in [3.8, 4) is 5.75 Å². The lowest BCUT2D eigenvalue weighted by Gasteiger charge is -2.22. The maximum atomic E-state index is 11.8. The largest absolute Gasteiger partial charge is 0.485 e. The second kappa shape index (κ2) is 8.02. The van der Waals surface area contributed by atoms with Crippen molar-refractivity contribution in [1.29, 1.82) is 0 Å². The minimum Gasteiger partial charge on any atom is -0.485 e. The molecule has 1 aliphatic heterocycles. The molecule has 0 spiro atoms. The Morgan fingerprint density at radius 1 is 1.19 bits per heavy atom. The van der Waals surface area contributed by atoms with Crippen molar-refractivity contribution in [3.63, 3.8) is 0 Å². The molecule has 1 unspecified atom stereocenters. The summed E-state index contributed by atoms with van der Waals surface area (Å²) in [5, 5.41) is 14.2. The van der Waals surface area contributed by atoms with E-state index in [0.29, 0.717) is 23.5 Å². The number of benzene rings is 2. The van der Waals surface area contributed by atoms with Crippen LogP contribution in [0.5, 0.6) is 5.75 Å². The third-order valence-corrected chi connectivity index (χ3v) is 6.47. The fourth-order valence-electron chi connectivity index (χ4n) is 4.90. The Hall–Kier alpha value is -3.41. The Balaban J connectivity index is 1.45.